The summed E-state index contributed by atoms with van der Waals surface area (Å²) in [6, 6.07) is 14.1. The Bertz CT molecular complexity index is 1120. The van der Waals surface area contributed by atoms with Crippen LogP contribution < -0.4 is 14.8 Å². The first-order chi connectivity index (χ1) is 13.9. The number of amides is 1. The molecule has 29 heavy (non-hydrogen) atoms. The minimum atomic E-state index is -3.85. The van der Waals surface area contributed by atoms with Crippen molar-refractivity contribution in [1.29, 1.82) is 0 Å². The molecule has 2 aromatic carbocycles. The van der Waals surface area contributed by atoms with Crippen molar-refractivity contribution in [3.8, 4) is 5.75 Å². The number of rotatable bonds is 7. The molecule has 1 aromatic heterocycles. The molecular weight excluding hydrogens is 458 g/mol. The maximum absolute atomic E-state index is 12.8. The topological polar surface area (TPSA) is 97.4 Å². The zero-order chi connectivity index (χ0) is 20.9. The highest BCUT2D eigenvalue weighted by Crippen LogP contribution is 2.29. The number of nitrogens with zero attached hydrogens (tertiary/aromatic N) is 1. The second-order valence-electron chi connectivity index (χ2n) is 5.90. The summed E-state index contributed by atoms with van der Waals surface area (Å²) in [5, 5.41) is 2.68. The van der Waals surface area contributed by atoms with Crippen molar-refractivity contribution in [3.63, 3.8) is 0 Å². The Morgan fingerprint density at radius 2 is 1.83 bits per heavy atom. The number of benzene rings is 2. The first-order valence-electron chi connectivity index (χ1n) is 8.65. The van der Waals surface area contributed by atoms with Crippen LogP contribution in [0.15, 0.2) is 76.4 Å². The summed E-state index contributed by atoms with van der Waals surface area (Å²) < 4.78 is 34.1. The molecule has 7 nitrogen and oxygen atoms in total. The van der Waals surface area contributed by atoms with Gasteiger partial charge in [-0.2, -0.15) is 0 Å². The van der Waals surface area contributed by atoms with E-state index in [0.29, 0.717) is 33.8 Å². The van der Waals surface area contributed by atoms with Crippen LogP contribution in [0, 0.1) is 0 Å². The summed E-state index contributed by atoms with van der Waals surface area (Å²) in [6.07, 6.45) is 3.02. The van der Waals surface area contributed by atoms with E-state index in [1.165, 1.54) is 24.5 Å². The third-order valence-corrected chi connectivity index (χ3v) is 5.83. The van der Waals surface area contributed by atoms with E-state index in [9.17, 15) is 13.2 Å². The average Bonchev–Trinajstić information content (AvgIpc) is 2.71. The maximum Gasteiger partial charge on any atom is 0.261 e. The average molecular weight is 476 g/mol. The molecule has 0 aliphatic rings. The van der Waals surface area contributed by atoms with Gasteiger partial charge >= 0.3 is 0 Å². The Morgan fingerprint density at radius 3 is 2.52 bits per heavy atom. The number of hydrogen-bond acceptors (Lipinski definition) is 5. The molecule has 150 valence electrons. The second kappa shape index (κ2) is 9.06. The van der Waals surface area contributed by atoms with Crippen LogP contribution >= 0.6 is 15.9 Å². The molecule has 2 N–H and O–H groups in total. The normalized spacial score (nSPS) is 11.0. The van der Waals surface area contributed by atoms with E-state index < -0.39 is 10.0 Å². The summed E-state index contributed by atoms with van der Waals surface area (Å²) in [4.78, 5) is 16.2. The Labute approximate surface area is 177 Å². The fourth-order valence-corrected chi connectivity index (χ4v) is 4.09. The molecule has 3 rings (SSSR count). The summed E-state index contributed by atoms with van der Waals surface area (Å²) >= 11 is 3.36. The largest absolute Gasteiger partial charge is 0.493 e. The van der Waals surface area contributed by atoms with Crippen LogP contribution in [0.25, 0.3) is 0 Å². The predicted molar refractivity (Wildman–Crippen MR) is 115 cm³/mol. The van der Waals surface area contributed by atoms with E-state index in [0.717, 1.165) is 0 Å². The smallest absolute Gasteiger partial charge is 0.261 e. The Balaban J connectivity index is 1.78. The fourth-order valence-electron chi connectivity index (χ4n) is 2.50. The standard InChI is InChI=1S/C20H18BrN3O4S/c1-2-28-19-7-6-16(13-18(19)21)24-29(26,27)17-5-3-4-15(12-17)23-20(25)14-8-10-22-11-9-14/h3-13,24H,2H2,1H3,(H,23,25). The second-order valence-corrected chi connectivity index (χ2v) is 8.44. The van der Waals surface area contributed by atoms with Gasteiger partial charge in [0.25, 0.3) is 15.9 Å². The monoisotopic (exact) mass is 475 g/mol. The van der Waals surface area contributed by atoms with Crippen molar-refractivity contribution >= 4 is 43.2 Å². The number of carbonyl (C=O) groups excluding carboxylic acids is 1. The van der Waals surface area contributed by atoms with E-state index in [-0.39, 0.29) is 10.8 Å². The zero-order valence-electron chi connectivity index (χ0n) is 15.4. The van der Waals surface area contributed by atoms with Crippen LogP contribution in [0.5, 0.6) is 5.75 Å². The number of anilines is 2. The molecule has 0 aliphatic heterocycles. The predicted octanol–water partition coefficient (Wildman–Crippen LogP) is 4.30. The van der Waals surface area contributed by atoms with Gasteiger partial charge in [0, 0.05) is 23.6 Å². The molecule has 0 aliphatic carbocycles. The highest BCUT2D eigenvalue weighted by molar-refractivity contribution is 9.10. The number of nitrogens with one attached hydrogen (secondary N) is 2. The lowest BCUT2D eigenvalue weighted by atomic mass is 10.2. The minimum Gasteiger partial charge on any atom is -0.493 e. The summed E-state index contributed by atoms with van der Waals surface area (Å²) in [6.45, 7) is 2.37. The van der Waals surface area contributed by atoms with Gasteiger partial charge < -0.3 is 10.1 Å². The van der Waals surface area contributed by atoms with Crippen molar-refractivity contribution in [2.75, 3.05) is 16.6 Å². The van der Waals surface area contributed by atoms with Crippen molar-refractivity contribution in [2.24, 2.45) is 0 Å². The molecular formula is C20H18BrN3O4S. The van der Waals surface area contributed by atoms with Crippen molar-refractivity contribution in [1.82, 2.24) is 4.98 Å². The van der Waals surface area contributed by atoms with E-state index in [2.05, 4.69) is 31.0 Å². The van der Waals surface area contributed by atoms with Gasteiger partial charge in [-0.05, 0) is 71.4 Å². The molecule has 0 unspecified atom stereocenters. The van der Waals surface area contributed by atoms with E-state index in [1.54, 1.807) is 42.5 Å². The molecule has 0 bridgehead atoms. The van der Waals surface area contributed by atoms with Crippen molar-refractivity contribution in [2.45, 2.75) is 11.8 Å². The molecule has 3 aromatic rings. The SMILES string of the molecule is CCOc1ccc(NS(=O)(=O)c2cccc(NC(=O)c3ccncc3)c2)cc1Br. The molecule has 0 saturated heterocycles. The molecule has 1 heterocycles. The number of halogens is 1. The fraction of sp³-hybridized carbons (Fsp3) is 0.100. The maximum atomic E-state index is 12.8. The van der Waals surface area contributed by atoms with Crippen LogP contribution in [0.3, 0.4) is 0 Å². The molecule has 0 radical (unpaired) electrons. The quantitative estimate of drug-likeness (QED) is 0.530. The van der Waals surface area contributed by atoms with Gasteiger partial charge in [0.2, 0.25) is 0 Å². The lowest BCUT2D eigenvalue weighted by Gasteiger charge is -2.12. The molecule has 0 fully saturated rings. The Hall–Kier alpha value is -2.91. The summed E-state index contributed by atoms with van der Waals surface area (Å²) in [7, 11) is -3.85. The number of pyridine rings is 1. The van der Waals surface area contributed by atoms with Gasteiger partial charge in [-0.15, -0.1) is 0 Å². The highest BCUT2D eigenvalue weighted by atomic mass is 79.9. The van der Waals surface area contributed by atoms with E-state index in [4.69, 9.17) is 4.74 Å². The van der Waals surface area contributed by atoms with E-state index >= 15 is 0 Å². The Morgan fingerprint density at radius 1 is 1.07 bits per heavy atom. The number of sulfonamides is 1. The third kappa shape index (κ3) is 5.33. The molecule has 0 saturated carbocycles. The number of ether oxygens (including phenoxy) is 1. The number of carbonyl (C=O) groups is 1. The van der Waals surface area contributed by atoms with Gasteiger partial charge in [-0.1, -0.05) is 6.07 Å². The lowest BCUT2D eigenvalue weighted by molar-refractivity contribution is 0.102. The Kier molecular flexibility index (Phi) is 6.50. The van der Waals surface area contributed by atoms with Crippen LogP contribution in [-0.4, -0.2) is 25.9 Å². The van der Waals surface area contributed by atoms with Gasteiger partial charge in [0.15, 0.2) is 0 Å². The van der Waals surface area contributed by atoms with Crippen LogP contribution in [0.4, 0.5) is 11.4 Å². The zero-order valence-corrected chi connectivity index (χ0v) is 17.8. The highest BCUT2D eigenvalue weighted by Gasteiger charge is 2.16. The van der Waals surface area contributed by atoms with Crippen molar-refractivity contribution < 1.29 is 17.9 Å². The minimum absolute atomic E-state index is 0.0232. The van der Waals surface area contributed by atoms with Gasteiger partial charge in [-0.3, -0.25) is 14.5 Å². The first-order valence-corrected chi connectivity index (χ1v) is 10.9. The van der Waals surface area contributed by atoms with Gasteiger partial charge in [-0.25, -0.2) is 8.42 Å². The molecule has 9 heteroatoms. The summed E-state index contributed by atoms with van der Waals surface area (Å²) in [5.74, 6) is 0.265. The first kappa shape index (κ1) is 20.8. The van der Waals surface area contributed by atoms with E-state index in [1.807, 2.05) is 6.92 Å². The third-order valence-electron chi connectivity index (χ3n) is 3.83. The number of aromatic nitrogens is 1. The van der Waals surface area contributed by atoms with Crippen LogP contribution in [0.2, 0.25) is 0 Å². The molecule has 0 spiro atoms. The number of hydrogen-bond donors (Lipinski definition) is 2. The van der Waals surface area contributed by atoms with Crippen LogP contribution in [-0.2, 0) is 10.0 Å². The molecule has 1 amide bonds. The van der Waals surface area contributed by atoms with Gasteiger partial charge in [0.1, 0.15) is 5.75 Å². The lowest BCUT2D eigenvalue weighted by Crippen LogP contribution is -2.15. The van der Waals surface area contributed by atoms with Crippen LogP contribution in [0.1, 0.15) is 17.3 Å². The van der Waals surface area contributed by atoms with Gasteiger partial charge in [0.05, 0.1) is 21.7 Å². The van der Waals surface area contributed by atoms with Crippen molar-refractivity contribution in [3.05, 3.63) is 77.0 Å². The summed E-state index contributed by atoms with van der Waals surface area (Å²) in [5.41, 5.74) is 1.17. The molecule has 0 atom stereocenters.